The van der Waals surface area contributed by atoms with Crippen LogP contribution in [0.5, 0.6) is 0 Å². The van der Waals surface area contributed by atoms with Gasteiger partial charge in [0.15, 0.2) is 0 Å². The van der Waals surface area contributed by atoms with Crippen LogP contribution >= 0.6 is 0 Å². The van der Waals surface area contributed by atoms with E-state index in [9.17, 15) is 9.59 Å². The van der Waals surface area contributed by atoms with E-state index in [0.717, 1.165) is 0 Å². The normalized spacial score (nSPS) is 27.4. The molecule has 0 spiro atoms. The van der Waals surface area contributed by atoms with E-state index in [1.807, 2.05) is 0 Å². The Labute approximate surface area is 98.6 Å². The van der Waals surface area contributed by atoms with Gasteiger partial charge in [0, 0.05) is 0 Å². The molecule has 0 heterocycles. The van der Waals surface area contributed by atoms with Crippen LogP contribution in [0, 0.1) is 11.8 Å². The van der Waals surface area contributed by atoms with E-state index in [1.54, 1.807) is 0 Å². The fourth-order valence-corrected chi connectivity index (χ4v) is 1.64. The molecule has 2 unspecified atom stereocenters. The predicted molar refractivity (Wildman–Crippen MR) is 47.9 cm³/mol. The number of rotatable bonds is 2. The van der Waals surface area contributed by atoms with Crippen molar-refractivity contribution < 1.29 is 19.8 Å². The zero-order chi connectivity index (χ0) is 9.14. The molecule has 5 heteroatoms. The summed E-state index contributed by atoms with van der Waals surface area (Å²) in [5.41, 5.74) is 0. The van der Waals surface area contributed by atoms with Crippen LogP contribution in [-0.2, 0) is 9.59 Å². The van der Waals surface area contributed by atoms with E-state index in [1.165, 1.54) is 0 Å². The predicted octanol–water partition coefficient (Wildman–Crippen LogP) is 0.314. The number of hydrogen-bond acceptors (Lipinski definition) is 2. The van der Waals surface area contributed by atoms with Gasteiger partial charge in [-0.05, 0) is 19.3 Å². The minimum atomic E-state index is -0.860. The molecule has 0 amide bonds. The molecule has 2 N–H and O–H groups in total. The third-order valence-electron chi connectivity index (χ3n) is 2.37. The third kappa shape index (κ3) is 3.67. The van der Waals surface area contributed by atoms with E-state index in [0.29, 0.717) is 25.7 Å². The van der Waals surface area contributed by atoms with E-state index < -0.39 is 23.8 Å². The first-order valence-corrected chi connectivity index (χ1v) is 4.07. The van der Waals surface area contributed by atoms with Gasteiger partial charge in [-0.2, -0.15) is 0 Å². The van der Waals surface area contributed by atoms with Crippen molar-refractivity contribution in [2.75, 3.05) is 0 Å². The molecule has 70 valence electrons. The minimum absolute atomic E-state index is 0. The monoisotopic (exact) mass is 196 g/mol. The fraction of sp³-hybridized carbons (Fsp3) is 0.750. The van der Waals surface area contributed by atoms with Gasteiger partial charge in [0.2, 0.25) is 0 Å². The molecule has 0 saturated heterocycles. The second-order valence-corrected chi connectivity index (χ2v) is 3.24. The van der Waals surface area contributed by atoms with Crippen LogP contribution in [0.15, 0.2) is 0 Å². The Kier molecular flexibility index (Phi) is 5.60. The molecule has 0 aliphatic heterocycles. The molecule has 0 aromatic rings. The summed E-state index contributed by atoms with van der Waals surface area (Å²) in [5, 5.41) is 17.3. The van der Waals surface area contributed by atoms with E-state index in [4.69, 9.17) is 10.2 Å². The van der Waals surface area contributed by atoms with Gasteiger partial charge in [0.1, 0.15) is 0 Å². The van der Waals surface area contributed by atoms with Gasteiger partial charge in [0.25, 0.3) is 0 Å². The van der Waals surface area contributed by atoms with Gasteiger partial charge in [-0.25, -0.2) is 0 Å². The van der Waals surface area contributed by atoms with Gasteiger partial charge in [-0.15, -0.1) is 0 Å². The summed E-state index contributed by atoms with van der Waals surface area (Å²) in [4.78, 5) is 21.1. The molecule has 0 aromatic carbocycles. The third-order valence-corrected chi connectivity index (χ3v) is 2.37. The Morgan fingerprint density at radius 3 is 1.69 bits per heavy atom. The van der Waals surface area contributed by atoms with Crippen LogP contribution in [0.3, 0.4) is 0 Å². The van der Waals surface area contributed by atoms with Crippen LogP contribution < -0.4 is 0 Å². The van der Waals surface area contributed by atoms with Crippen LogP contribution in [-0.4, -0.2) is 51.7 Å². The molecule has 0 radical (unpaired) electrons. The van der Waals surface area contributed by atoms with Crippen molar-refractivity contribution in [3.8, 4) is 0 Å². The van der Waals surface area contributed by atoms with Gasteiger partial charge >= 0.3 is 41.5 Å². The van der Waals surface area contributed by atoms with Crippen molar-refractivity contribution in [2.45, 2.75) is 25.7 Å². The van der Waals surface area contributed by atoms with E-state index in [-0.39, 0.29) is 29.6 Å². The Hall–Kier alpha value is -0.0600. The van der Waals surface area contributed by atoms with Gasteiger partial charge in [-0.3, -0.25) is 9.59 Å². The molecular formula is C8H13NaO4. The number of aliphatic carboxylic acids is 2. The van der Waals surface area contributed by atoms with Gasteiger partial charge < -0.3 is 10.2 Å². The van der Waals surface area contributed by atoms with Crippen molar-refractivity contribution in [1.29, 1.82) is 0 Å². The quantitative estimate of drug-likeness (QED) is 0.623. The second kappa shape index (κ2) is 5.62. The SMILES string of the molecule is O=C(O)C1CCCC(C(=O)O)C1.[NaH]. The van der Waals surface area contributed by atoms with Crippen molar-refractivity contribution in [2.24, 2.45) is 11.8 Å². The summed E-state index contributed by atoms with van der Waals surface area (Å²) < 4.78 is 0. The maximum absolute atomic E-state index is 10.5. The number of carboxylic acid groups (broad SMARTS) is 2. The molecule has 1 aliphatic carbocycles. The zero-order valence-electron chi connectivity index (χ0n) is 6.69. The van der Waals surface area contributed by atoms with Crippen LogP contribution in [0.25, 0.3) is 0 Å². The molecule has 1 rings (SSSR count). The van der Waals surface area contributed by atoms with Crippen molar-refractivity contribution in [3.05, 3.63) is 0 Å². The van der Waals surface area contributed by atoms with E-state index in [2.05, 4.69) is 0 Å². The number of hydrogen-bond donors (Lipinski definition) is 2. The average Bonchev–Trinajstić information content (AvgIpc) is 2.04. The summed E-state index contributed by atoms with van der Waals surface area (Å²) in [6.07, 6.45) is 2.26. The summed E-state index contributed by atoms with van der Waals surface area (Å²) in [5.74, 6) is -2.61. The van der Waals surface area contributed by atoms with Crippen molar-refractivity contribution in [3.63, 3.8) is 0 Å². The summed E-state index contributed by atoms with van der Waals surface area (Å²) in [6.45, 7) is 0. The molecular weight excluding hydrogens is 183 g/mol. The Bertz CT molecular complexity index is 184. The Morgan fingerprint density at radius 2 is 1.38 bits per heavy atom. The number of carboxylic acids is 2. The molecule has 1 saturated carbocycles. The van der Waals surface area contributed by atoms with Crippen molar-refractivity contribution in [1.82, 2.24) is 0 Å². The first-order valence-electron chi connectivity index (χ1n) is 4.07. The van der Waals surface area contributed by atoms with Gasteiger partial charge in [0.05, 0.1) is 11.8 Å². The first-order chi connectivity index (χ1) is 5.61. The van der Waals surface area contributed by atoms with Crippen LogP contribution in [0.4, 0.5) is 0 Å². The molecule has 1 fully saturated rings. The molecule has 0 bridgehead atoms. The average molecular weight is 196 g/mol. The first kappa shape index (κ1) is 12.9. The molecule has 4 nitrogen and oxygen atoms in total. The Balaban J connectivity index is 0.00000144. The molecule has 2 atom stereocenters. The van der Waals surface area contributed by atoms with Gasteiger partial charge in [-0.1, -0.05) is 6.42 Å². The fourth-order valence-electron chi connectivity index (χ4n) is 1.64. The summed E-state index contributed by atoms with van der Waals surface area (Å²) in [7, 11) is 0. The van der Waals surface area contributed by atoms with Crippen LogP contribution in [0.1, 0.15) is 25.7 Å². The van der Waals surface area contributed by atoms with Crippen molar-refractivity contribution >= 4 is 41.5 Å². The molecule has 0 aromatic heterocycles. The second-order valence-electron chi connectivity index (χ2n) is 3.24. The maximum atomic E-state index is 10.5. The topological polar surface area (TPSA) is 74.6 Å². The van der Waals surface area contributed by atoms with E-state index >= 15 is 0 Å². The summed E-state index contributed by atoms with van der Waals surface area (Å²) in [6, 6.07) is 0. The molecule has 13 heavy (non-hydrogen) atoms. The summed E-state index contributed by atoms with van der Waals surface area (Å²) >= 11 is 0. The molecule has 1 aliphatic rings. The number of carbonyl (C=O) groups is 2. The Morgan fingerprint density at radius 1 is 1.00 bits per heavy atom. The zero-order valence-corrected chi connectivity index (χ0v) is 6.69. The standard InChI is InChI=1S/C8H12O4.Na.H/c9-7(10)5-2-1-3-6(4-5)8(11)12;;/h5-6H,1-4H2,(H,9,10)(H,11,12);;. The van der Waals surface area contributed by atoms with Crippen LogP contribution in [0.2, 0.25) is 0 Å².